The normalized spacial score (nSPS) is 23.1. The SMILES string of the molecule is CN=C(NCCc1ccc(Br)s1)NCC1(C)CCCO1. The van der Waals surface area contributed by atoms with Gasteiger partial charge in [-0.3, -0.25) is 4.99 Å². The van der Waals surface area contributed by atoms with Crippen molar-refractivity contribution in [3.05, 3.63) is 20.8 Å². The molecular weight excluding hydrogens is 338 g/mol. The van der Waals surface area contributed by atoms with Crippen molar-refractivity contribution in [2.75, 3.05) is 26.7 Å². The van der Waals surface area contributed by atoms with E-state index in [9.17, 15) is 0 Å². The van der Waals surface area contributed by atoms with Crippen molar-refractivity contribution in [1.82, 2.24) is 10.6 Å². The van der Waals surface area contributed by atoms with Crippen LogP contribution in [0.3, 0.4) is 0 Å². The van der Waals surface area contributed by atoms with Gasteiger partial charge in [-0.15, -0.1) is 11.3 Å². The Balaban J connectivity index is 1.70. The van der Waals surface area contributed by atoms with Gasteiger partial charge in [0, 0.05) is 31.6 Å². The second kappa shape index (κ2) is 7.43. The summed E-state index contributed by atoms with van der Waals surface area (Å²) in [6.07, 6.45) is 3.27. The zero-order valence-corrected chi connectivity index (χ0v) is 14.4. The summed E-state index contributed by atoms with van der Waals surface area (Å²) >= 11 is 5.26. The maximum atomic E-state index is 5.76. The standard InChI is InChI=1S/C14H22BrN3OS/c1-14(7-3-9-19-14)10-18-13(16-2)17-8-6-11-4-5-12(15)20-11/h4-5H,3,6-10H2,1-2H3,(H2,16,17,18). The average molecular weight is 360 g/mol. The Morgan fingerprint density at radius 2 is 2.35 bits per heavy atom. The molecule has 1 aliphatic heterocycles. The molecule has 2 N–H and O–H groups in total. The van der Waals surface area contributed by atoms with Crippen LogP contribution in [-0.2, 0) is 11.2 Å². The fraction of sp³-hybridized carbons (Fsp3) is 0.643. The Kier molecular flexibility index (Phi) is 5.86. The molecule has 1 unspecified atom stereocenters. The van der Waals surface area contributed by atoms with Crippen LogP contribution in [0.2, 0.25) is 0 Å². The average Bonchev–Trinajstić information content (AvgIpc) is 3.03. The molecule has 112 valence electrons. The van der Waals surface area contributed by atoms with Crippen LogP contribution >= 0.6 is 27.3 Å². The van der Waals surface area contributed by atoms with Gasteiger partial charge in [-0.2, -0.15) is 0 Å². The van der Waals surface area contributed by atoms with Crippen LogP contribution in [0.4, 0.5) is 0 Å². The minimum atomic E-state index is -0.0454. The molecule has 20 heavy (non-hydrogen) atoms. The molecule has 2 heterocycles. The highest BCUT2D eigenvalue weighted by molar-refractivity contribution is 9.11. The summed E-state index contributed by atoms with van der Waals surface area (Å²) in [5, 5.41) is 6.69. The van der Waals surface area contributed by atoms with Crippen LogP contribution in [0.15, 0.2) is 20.9 Å². The molecule has 1 saturated heterocycles. The molecular formula is C14H22BrN3OS. The molecule has 6 heteroatoms. The highest BCUT2D eigenvalue weighted by atomic mass is 79.9. The molecule has 0 aromatic carbocycles. The van der Waals surface area contributed by atoms with Gasteiger partial charge in [0.2, 0.25) is 0 Å². The van der Waals surface area contributed by atoms with E-state index in [2.05, 4.69) is 50.6 Å². The smallest absolute Gasteiger partial charge is 0.191 e. The number of hydrogen-bond acceptors (Lipinski definition) is 3. The summed E-state index contributed by atoms with van der Waals surface area (Å²) < 4.78 is 6.94. The van der Waals surface area contributed by atoms with E-state index in [1.54, 1.807) is 18.4 Å². The molecule has 2 rings (SSSR count). The molecule has 0 radical (unpaired) electrons. The summed E-state index contributed by atoms with van der Waals surface area (Å²) in [7, 11) is 1.80. The number of nitrogens with one attached hydrogen (secondary N) is 2. The van der Waals surface area contributed by atoms with Crippen LogP contribution in [0.5, 0.6) is 0 Å². The molecule has 0 saturated carbocycles. The second-order valence-electron chi connectivity index (χ2n) is 5.21. The minimum Gasteiger partial charge on any atom is -0.373 e. The molecule has 0 spiro atoms. The highest BCUT2D eigenvalue weighted by Crippen LogP contribution is 2.24. The first-order valence-electron chi connectivity index (χ1n) is 6.94. The van der Waals surface area contributed by atoms with Crippen LogP contribution in [0.1, 0.15) is 24.6 Å². The number of rotatable bonds is 5. The fourth-order valence-electron chi connectivity index (χ4n) is 2.26. The molecule has 1 aromatic heterocycles. The summed E-state index contributed by atoms with van der Waals surface area (Å²) in [6.45, 7) is 4.71. The van der Waals surface area contributed by atoms with Crippen molar-refractivity contribution in [2.24, 2.45) is 4.99 Å². The lowest BCUT2D eigenvalue weighted by atomic mass is 10.0. The van der Waals surface area contributed by atoms with Gasteiger partial charge in [-0.05, 0) is 54.2 Å². The molecule has 1 aliphatic rings. The van der Waals surface area contributed by atoms with Crippen molar-refractivity contribution in [3.8, 4) is 0 Å². The number of ether oxygens (including phenoxy) is 1. The maximum Gasteiger partial charge on any atom is 0.191 e. The van der Waals surface area contributed by atoms with E-state index in [4.69, 9.17) is 4.74 Å². The zero-order chi connectivity index (χ0) is 14.4. The predicted octanol–water partition coefficient (Wildman–Crippen LogP) is 2.79. The van der Waals surface area contributed by atoms with E-state index in [1.165, 1.54) is 8.66 Å². The Labute approximate surface area is 133 Å². The number of nitrogens with zero attached hydrogens (tertiary/aromatic N) is 1. The lowest BCUT2D eigenvalue weighted by Crippen LogP contribution is -2.45. The van der Waals surface area contributed by atoms with Gasteiger partial charge in [-0.1, -0.05) is 0 Å². The maximum absolute atomic E-state index is 5.76. The summed E-state index contributed by atoms with van der Waals surface area (Å²) in [4.78, 5) is 5.62. The highest BCUT2D eigenvalue weighted by Gasteiger charge is 2.29. The number of thiophene rings is 1. The second-order valence-corrected chi connectivity index (χ2v) is 7.76. The Bertz CT molecular complexity index is 455. The van der Waals surface area contributed by atoms with Crippen LogP contribution in [0.25, 0.3) is 0 Å². The molecule has 1 atom stereocenters. The molecule has 4 nitrogen and oxygen atoms in total. The summed E-state index contributed by atoms with van der Waals surface area (Å²) in [6, 6.07) is 4.24. The van der Waals surface area contributed by atoms with Crippen molar-refractivity contribution in [1.29, 1.82) is 0 Å². The number of halogens is 1. The lowest BCUT2D eigenvalue weighted by molar-refractivity contribution is 0.0243. The van der Waals surface area contributed by atoms with Gasteiger partial charge in [0.05, 0.1) is 9.39 Å². The number of guanidine groups is 1. The Morgan fingerprint density at radius 3 is 2.95 bits per heavy atom. The van der Waals surface area contributed by atoms with E-state index in [-0.39, 0.29) is 5.60 Å². The van der Waals surface area contributed by atoms with Gasteiger partial charge in [0.1, 0.15) is 0 Å². The first kappa shape index (κ1) is 15.8. The molecule has 0 aliphatic carbocycles. The quantitative estimate of drug-likeness (QED) is 0.627. The van der Waals surface area contributed by atoms with Crippen molar-refractivity contribution >= 4 is 33.2 Å². The third-order valence-corrected chi connectivity index (χ3v) is 5.13. The van der Waals surface area contributed by atoms with Crippen molar-refractivity contribution in [3.63, 3.8) is 0 Å². The van der Waals surface area contributed by atoms with Gasteiger partial charge in [0.15, 0.2) is 5.96 Å². The van der Waals surface area contributed by atoms with E-state index >= 15 is 0 Å². The van der Waals surface area contributed by atoms with Crippen molar-refractivity contribution in [2.45, 2.75) is 31.8 Å². The summed E-state index contributed by atoms with van der Waals surface area (Å²) in [5.41, 5.74) is -0.0454. The number of aliphatic imine (C=N–C) groups is 1. The third kappa shape index (κ3) is 4.75. The van der Waals surface area contributed by atoms with E-state index < -0.39 is 0 Å². The fourth-order valence-corrected chi connectivity index (χ4v) is 3.74. The first-order chi connectivity index (χ1) is 9.61. The van der Waals surface area contributed by atoms with Gasteiger partial charge < -0.3 is 15.4 Å². The molecule has 1 fully saturated rings. The zero-order valence-electron chi connectivity index (χ0n) is 12.0. The van der Waals surface area contributed by atoms with Gasteiger partial charge in [-0.25, -0.2) is 0 Å². The number of hydrogen-bond donors (Lipinski definition) is 2. The molecule has 1 aromatic rings. The topological polar surface area (TPSA) is 45.7 Å². The lowest BCUT2D eigenvalue weighted by Gasteiger charge is -2.24. The minimum absolute atomic E-state index is 0.0454. The first-order valence-corrected chi connectivity index (χ1v) is 8.55. The summed E-state index contributed by atoms with van der Waals surface area (Å²) in [5.74, 6) is 0.845. The molecule has 0 amide bonds. The van der Waals surface area contributed by atoms with Gasteiger partial charge >= 0.3 is 0 Å². The van der Waals surface area contributed by atoms with Crippen LogP contribution in [0, 0.1) is 0 Å². The van der Waals surface area contributed by atoms with E-state index in [0.717, 1.165) is 44.9 Å². The van der Waals surface area contributed by atoms with Crippen LogP contribution in [-0.4, -0.2) is 38.3 Å². The van der Waals surface area contributed by atoms with E-state index in [0.29, 0.717) is 0 Å². The largest absolute Gasteiger partial charge is 0.373 e. The monoisotopic (exact) mass is 359 g/mol. The van der Waals surface area contributed by atoms with Crippen molar-refractivity contribution < 1.29 is 4.74 Å². The Hall–Kier alpha value is -0.590. The van der Waals surface area contributed by atoms with E-state index in [1.807, 2.05) is 0 Å². The van der Waals surface area contributed by atoms with Gasteiger partial charge in [0.25, 0.3) is 0 Å². The predicted molar refractivity (Wildman–Crippen MR) is 88.7 cm³/mol. The third-order valence-electron chi connectivity index (χ3n) is 3.45. The molecule has 0 bridgehead atoms. The van der Waals surface area contributed by atoms with Crippen LogP contribution < -0.4 is 10.6 Å². The Morgan fingerprint density at radius 1 is 1.50 bits per heavy atom.